The van der Waals surface area contributed by atoms with E-state index in [-0.39, 0.29) is 0 Å². The molecule has 112 valence electrons. The standard InChI is InChI=1S/C15H17N7/c1-2-11(6-16-3-1)20-15-10-18-8-13(21-15)12-7-19-22-5-4-17-9-14(12)22/h4-5,7-11,16H,1-3,6H2,(H,20,21)/t11-/m1/s1. The zero-order valence-corrected chi connectivity index (χ0v) is 12.1. The van der Waals surface area contributed by atoms with Crippen LogP contribution in [0.3, 0.4) is 0 Å². The molecule has 7 nitrogen and oxygen atoms in total. The van der Waals surface area contributed by atoms with Crippen LogP contribution in [0.25, 0.3) is 16.8 Å². The molecule has 1 atom stereocenters. The number of hydrogen-bond donors (Lipinski definition) is 2. The molecule has 0 unspecified atom stereocenters. The molecule has 0 amide bonds. The number of aromatic nitrogens is 5. The molecular formula is C15H17N7. The fourth-order valence-electron chi connectivity index (χ4n) is 2.78. The van der Waals surface area contributed by atoms with Gasteiger partial charge in [0.2, 0.25) is 0 Å². The molecule has 0 aliphatic carbocycles. The highest BCUT2D eigenvalue weighted by molar-refractivity contribution is 5.76. The van der Waals surface area contributed by atoms with Crippen molar-refractivity contribution in [3.63, 3.8) is 0 Å². The van der Waals surface area contributed by atoms with Gasteiger partial charge in [0.05, 0.1) is 36.0 Å². The average molecular weight is 295 g/mol. The summed E-state index contributed by atoms with van der Waals surface area (Å²) in [5.74, 6) is 0.800. The summed E-state index contributed by atoms with van der Waals surface area (Å²) in [7, 11) is 0. The summed E-state index contributed by atoms with van der Waals surface area (Å²) in [6.45, 7) is 2.06. The lowest BCUT2D eigenvalue weighted by atomic mass is 10.1. The van der Waals surface area contributed by atoms with Crippen molar-refractivity contribution < 1.29 is 0 Å². The maximum atomic E-state index is 4.68. The molecular weight excluding hydrogens is 278 g/mol. The summed E-state index contributed by atoms with van der Waals surface area (Å²) < 4.78 is 1.79. The van der Waals surface area contributed by atoms with Gasteiger partial charge in [-0.25, -0.2) is 9.50 Å². The number of nitrogens with one attached hydrogen (secondary N) is 2. The quantitative estimate of drug-likeness (QED) is 0.759. The predicted octanol–water partition coefficient (Wildman–Crippen LogP) is 1.35. The van der Waals surface area contributed by atoms with Gasteiger partial charge in [0.15, 0.2) is 0 Å². The molecule has 1 aliphatic heterocycles. The largest absolute Gasteiger partial charge is 0.365 e. The van der Waals surface area contributed by atoms with Gasteiger partial charge in [-0.1, -0.05) is 0 Å². The molecule has 3 aromatic heterocycles. The van der Waals surface area contributed by atoms with Gasteiger partial charge >= 0.3 is 0 Å². The van der Waals surface area contributed by atoms with Gasteiger partial charge in [0.1, 0.15) is 5.82 Å². The zero-order valence-electron chi connectivity index (χ0n) is 12.1. The first kappa shape index (κ1) is 13.1. The first-order chi connectivity index (χ1) is 10.9. The van der Waals surface area contributed by atoms with E-state index in [0.29, 0.717) is 6.04 Å². The molecule has 1 fully saturated rings. The van der Waals surface area contributed by atoms with Crippen LogP contribution in [0, 0.1) is 0 Å². The molecule has 0 aromatic carbocycles. The second-order valence-electron chi connectivity index (χ2n) is 5.44. The number of hydrogen-bond acceptors (Lipinski definition) is 6. The van der Waals surface area contributed by atoms with Gasteiger partial charge < -0.3 is 10.6 Å². The van der Waals surface area contributed by atoms with E-state index in [9.17, 15) is 0 Å². The minimum Gasteiger partial charge on any atom is -0.365 e. The number of nitrogens with zero attached hydrogens (tertiary/aromatic N) is 5. The Hall–Kier alpha value is -2.54. The average Bonchev–Trinajstić information content (AvgIpc) is 3.00. The molecule has 0 bridgehead atoms. The zero-order chi connectivity index (χ0) is 14.8. The van der Waals surface area contributed by atoms with Gasteiger partial charge in [-0.3, -0.25) is 9.97 Å². The van der Waals surface area contributed by atoms with Gasteiger partial charge in [0, 0.05) is 30.5 Å². The smallest absolute Gasteiger partial charge is 0.145 e. The van der Waals surface area contributed by atoms with E-state index in [0.717, 1.165) is 42.1 Å². The number of fused-ring (bicyclic) bond motifs is 1. The highest BCUT2D eigenvalue weighted by Crippen LogP contribution is 2.22. The molecule has 2 N–H and O–H groups in total. The third-order valence-corrected chi connectivity index (χ3v) is 3.88. The van der Waals surface area contributed by atoms with Crippen molar-refractivity contribution in [2.24, 2.45) is 0 Å². The normalized spacial score (nSPS) is 18.5. The third-order valence-electron chi connectivity index (χ3n) is 3.88. The lowest BCUT2D eigenvalue weighted by Gasteiger charge is -2.24. The number of piperidine rings is 1. The summed E-state index contributed by atoms with van der Waals surface area (Å²) in [6.07, 6.45) is 13.0. The topological polar surface area (TPSA) is 80.0 Å². The van der Waals surface area contributed by atoms with Crippen LogP contribution in [0.4, 0.5) is 5.82 Å². The van der Waals surface area contributed by atoms with Crippen LogP contribution >= 0.6 is 0 Å². The Balaban J connectivity index is 1.63. The maximum Gasteiger partial charge on any atom is 0.145 e. The molecule has 0 spiro atoms. The Morgan fingerprint density at radius 3 is 3.09 bits per heavy atom. The van der Waals surface area contributed by atoms with E-state index in [1.807, 2.05) is 6.20 Å². The van der Waals surface area contributed by atoms with E-state index in [1.165, 1.54) is 6.42 Å². The fraction of sp³-hybridized carbons (Fsp3) is 0.333. The Labute approximate surface area is 127 Å². The van der Waals surface area contributed by atoms with Crippen LogP contribution in [-0.2, 0) is 0 Å². The molecule has 4 rings (SSSR count). The van der Waals surface area contributed by atoms with E-state index < -0.39 is 0 Å². The molecule has 0 saturated carbocycles. The summed E-state index contributed by atoms with van der Waals surface area (Å²) in [4.78, 5) is 13.1. The lowest BCUT2D eigenvalue weighted by molar-refractivity contribution is 0.479. The molecule has 0 radical (unpaired) electrons. The Morgan fingerprint density at radius 2 is 2.18 bits per heavy atom. The third kappa shape index (κ3) is 2.50. The van der Waals surface area contributed by atoms with Crippen molar-refractivity contribution in [1.82, 2.24) is 29.9 Å². The lowest BCUT2D eigenvalue weighted by Crippen LogP contribution is -2.38. The monoisotopic (exact) mass is 295 g/mol. The van der Waals surface area contributed by atoms with Crippen molar-refractivity contribution >= 4 is 11.3 Å². The van der Waals surface area contributed by atoms with Crippen molar-refractivity contribution in [1.29, 1.82) is 0 Å². The molecule has 7 heteroatoms. The van der Waals surface area contributed by atoms with Crippen LogP contribution in [0.15, 0.2) is 37.2 Å². The van der Waals surface area contributed by atoms with Gasteiger partial charge in [0.25, 0.3) is 0 Å². The van der Waals surface area contributed by atoms with Crippen molar-refractivity contribution in [3.8, 4) is 11.3 Å². The van der Waals surface area contributed by atoms with E-state index in [2.05, 4.69) is 30.7 Å². The van der Waals surface area contributed by atoms with Crippen LogP contribution in [0.5, 0.6) is 0 Å². The van der Waals surface area contributed by atoms with E-state index in [1.54, 1.807) is 35.5 Å². The highest BCUT2D eigenvalue weighted by Gasteiger charge is 2.14. The number of anilines is 1. The predicted molar refractivity (Wildman–Crippen MR) is 83.5 cm³/mol. The number of rotatable bonds is 3. The molecule has 1 aliphatic rings. The maximum absolute atomic E-state index is 4.68. The second kappa shape index (κ2) is 5.69. The second-order valence-corrected chi connectivity index (χ2v) is 5.44. The van der Waals surface area contributed by atoms with Crippen LogP contribution in [-0.4, -0.2) is 43.7 Å². The molecule has 3 aromatic rings. The Morgan fingerprint density at radius 1 is 1.18 bits per heavy atom. The molecule has 4 heterocycles. The molecule has 22 heavy (non-hydrogen) atoms. The van der Waals surface area contributed by atoms with Gasteiger partial charge in [-0.15, -0.1) is 0 Å². The van der Waals surface area contributed by atoms with Crippen molar-refractivity contribution in [3.05, 3.63) is 37.2 Å². The first-order valence-electron chi connectivity index (χ1n) is 7.47. The fourth-order valence-corrected chi connectivity index (χ4v) is 2.78. The van der Waals surface area contributed by atoms with E-state index >= 15 is 0 Å². The highest BCUT2D eigenvalue weighted by atomic mass is 15.2. The summed E-state index contributed by atoms with van der Waals surface area (Å²) in [5.41, 5.74) is 2.66. The summed E-state index contributed by atoms with van der Waals surface area (Å²) >= 11 is 0. The van der Waals surface area contributed by atoms with Crippen LogP contribution in [0.2, 0.25) is 0 Å². The van der Waals surface area contributed by atoms with Gasteiger partial charge in [-0.2, -0.15) is 5.10 Å². The van der Waals surface area contributed by atoms with Crippen LogP contribution in [0.1, 0.15) is 12.8 Å². The Bertz CT molecular complexity index is 776. The SMILES string of the molecule is c1cn2ncc(-c3cncc(N[C@@H]4CCCNC4)n3)c2cn1. The molecule has 1 saturated heterocycles. The van der Waals surface area contributed by atoms with Gasteiger partial charge in [-0.05, 0) is 19.4 Å². The summed E-state index contributed by atoms with van der Waals surface area (Å²) in [6, 6.07) is 0.406. The first-order valence-corrected chi connectivity index (χ1v) is 7.47. The minimum absolute atomic E-state index is 0.406. The van der Waals surface area contributed by atoms with E-state index in [4.69, 9.17) is 0 Å². The minimum atomic E-state index is 0.406. The Kier molecular flexibility index (Phi) is 3.40. The van der Waals surface area contributed by atoms with Crippen molar-refractivity contribution in [2.75, 3.05) is 18.4 Å². The summed E-state index contributed by atoms with van der Waals surface area (Å²) in [5, 5.41) is 11.2. The van der Waals surface area contributed by atoms with Crippen LogP contribution < -0.4 is 10.6 Å². The van der Waals surface area contributed by atoms with Crippen molar-refractivity contribution in [2.45, 2.75) is 18.9 Å².